The summed E-state index contributed by atoms with van der Waals surface area (Å²) in [5, 5.41) is 18.1. The Hall–Kier alpha value is -1.69. The van der Waals surface area contributed by atoms with Gasteiger partial charge in [0.05, 0.1) is 6.20 Å². The lowest BCUT2D eigenvalue weighted by atomic mass is 10.1. The van der Waals surface area contributed by atoms with Gasteiger partial charge in [0.15, 0.2) is 5.75 Å². The molecule has 1 rings (SSSR count). The van der Waals surface area contributed by atoms with E-state index in [1.165, 1.54) is 6.20 Å². The highest BCUT2D eigenvalue weighted by Crippen LogP contribution is 2.21. The summed E-state index contributed by atoms with van der Waals surface area (Å²) in [6.45, 7) is 3.73. The van der Waals surface area contributed by atoms with Crippen LogP contribution in [0.1, 0.15) is 37.3 Å². The number of aromatic hydroxyl groups is 1. The molecule has 15 heavy (non-hydrogen) atoms. The smallest absolute Gasteiger partial charge is 0.326 e. The second kappa shape index (κ2) is 4.22. The van der Waals surface area contributed by atoms with Gasteiger partial charge < -0.3 is 15.9 Å². The molecular weight excluding hydrogens is 198 g/mol. The van der Waals surface area contributed by atoms with Crippen molar-refractivity contribution >= 4 is 5.97 Å². The molecule has 0 fully saturated rings. The molecule has 1 heterocycles. The fourth-order valence-corrected chi connectivity index (χ4v) is 1.03. The molecule has 4 N–H and O–H groups in total. The second-order valence-electron chi connectivity index (χ2n) is 3.47. The van der Waals surface area contributed by atoms with Crippen LogP contribution in [-0.4, -0.2) is 26.2 Å². The fourth-order valence-electron chi connectivity index (χ4n) is 1.03. The summed E-state index contributed by atoms with van der Waals surface area (Å²) in [6, 6.07) is -1.33. The quantitative estimate of drug-likeness (QED) is 0.667. The topological polar surface area (TPSA) is 109 Å². The molecule has 0 saturated heterocycles. The van der Waals surface area contributed by atoms with Crippen LogP contribution in [0.4, 0.5) is 0 Å². The van der Waals surface area contributed by atoms with E-state index in [4.69, 9.17) is 10.8 Å². The maximum absolute atomic E-state index is 10.6. The zero-order chi connectivity index (χ0) is 11.6. The van der Waals surface area contributed by atoms with Crippen molar-refractivity contribution in [3.63, 3.8) is 0 Å². The van der Waals surface area contributed by atoms with Gasteiger partial charge in [0, 0.05) is 5.92 Å². The van der Waals surface area contributed by atoms with Crippen LogP contribution in [0, 0.1) is 0 Å². The first-order valence-corrected chi connectivity index (χ1v) is 4.47. The average Bonchev–Trinajstić information content (AvgIpc) is 2.16. The van der Waals surface area contributed by atoms with E-state index in [0.29, 0.717) is 5.82 Å². The van der Waals surface area contributed by atoms with Crippen LogP contribution in [0.15, 0.2) is 6.20 Å². The molecule has 82 valence electrons. The number of hydrogen-bond acceptors (Lipinski definition) is 5. The van der Waals surface area contributed by atoms with Crippen LogP contribution in [0.25, 0.3) is 0 Å². The van der Waals surface area contributed by atoms with Crippen molar-refractivity contribution in [3.05, 3.63) is 17.7 Å². The highest BCUT2D eigenvalue weighted by atomic mass is 16.4. The lowest BCUT2D eigenvalue weighted by molar-refractivity contribution is -0.138. The first kappa shape index (κ1) is 11.4. The molecule has 6 nitrogen and oxygen atoms in total. The van der Waals surface area contributed by atoms with Crippen molar-refractivity contribution in [2.45, 2.75) is 25.8 Å². The summed E-state index contributed by atoms with van der Waals surface area (Å²) in [7, 11) is 0. The Labute approximate surface area is 86.8 Å². The maximum atomic E-state index is 10.6. The SMILES string of the molecule is CC(C)c1ncc(O)c(C(N)C(=O)O)n1. The van der Waals surface area contributed by atoms with Gasteiger partial charge in [0.1, 0.15) is 17.6 Å². The molecule has 0 radical (unpaired) electrons. The molecular formula is C9H13N3O3. The van der Waals surface area contributed by atoms with Crippen LogP contribution in [0.3, 0.4) is 0 Å². The van der Waals surface area contributed by atoms with Gasteiger partial charge in [0.25, 0.3) is 0 Å². The average molecular weight is 211 g/mol. The van der Waals surface area contributed by atoms with E-state index in [1.807, 2.05) is 13.8 Å². The molecule has 0 aromatic carbocycles. The molecule has 1 aromatic heterocycles. The number of carbonyl (C=O) groups is 1. The summed E-state index contributed by atoms with van der Waals surface area (Å²) in [5.41, 5.74) is 5.30. The Bertz CT molecular complexity index is 379. The molecule has 1 atom stereocenters. The molecule has 1 aromatic rings. The van der Waals surface area contributed by atoms with E-state index in [2.05, 4.69) is 9.97 Å². The predicted molar refractivity (Wildman–Crippen MR) is 52.4 cm³/mol. The number of carboxylic acid groups (broad SMARTS) is 1. The van der Waals surface area contributed by atoms with E-state index < -0.39 is 12.0 Å². The van der Waals surface area contributed by atoms with Gasteiger partial charge in [-0.1, -0.05) is 13.8 Å². The minimum atomic E-state index is -1.33. The lowest BCUT2D eigenvalue weighted by Gasteiger charge is -2.10. The first-order chi connectivity index (χ1) is 6.93. The molecule has 0 amide bonds. The van der Waals surface area contributed by atoms with Crippen molar-refractivity contribution in [1.29, 1.82) is 0 Å². The van der Waals surface area contributed by atoms with Gasteiger partial charge in [-0.25, -0.2) is 9.97 Å². The van der Waals surface area contributed by atoms with Gasteiger partial charge in [-0.2, -0.15) is 0 Å². The number of nitrogens with zero attached hydrogens (tertiary/aromatic N) is 2. The summed E-state index contributed by atoms with van der Waals surface area (Å²) in [4.78, 5) is 18.4. The van der Waals surface area contributed by atoms with E-state index in [-0.39, 0.29) is 17.4 Å². The number of carboxylic acids is 1. The summed E-state index contributed by atoms with van der Waals surface area (Å²) < 4.78 is 0. The number of aliphatic carboxylic acids is 1. The normalized spacial score (nSPS) is 12.8. The molecule has 0 aliphatic rings. The Balaban J connectivity index is 3.16. The third kappa shape index (κ3) is 2.41. The third-order valence-corrected chi connectivity index (χ3v) is 1.89. The van der Waals surface area contributed by atoms with Gasteiger partial charge in [-0.15, -0.1) is 0 Å². The zero-order valence-corrected chi connectivity index (χ0v) is 8.51. The van der Waals surface area contributed by atoms with Crippen molar-refractivity contribution in [2.75, 3.05) is 0 Å². The van der Waals surface area contributed by atoms with Crippen LogP contribution in [-0.2, 0) is 4.79 Å². The van der Waals surface area contributed by atoms with Crippen molar-refractivity contribution < 1.29 is 15.0 Å². The molecule has 0 saturated carbocycles. The van der Waals surface area contributed by atoms with E-state index in [1.54, 1.807) is 0 Å². The standard InChI is InChI=1S/C9H13N3O3/c1-4(2)8-11-3-5(13)7(12-8)6(10)9(14)15/h3-4,6,13H,10H2,1-2H3,(H,14,15). The molecule has 1 unspecified atom stereocenters. The minimum absolute atomic E-state index is 0.0466. The lowest BCUT2D eigenvalue weighted by Crippen LogP contribution is -2.22. The third-order valence-electron chi connectivity index (χ3n) is 1.89. The van der Waals surface area contributed by atoms with Gasteiger partial charge in [0.2, 0.25) is 0 Å². The second-order valence-corrected chi connectivity index (χ2v) is 3.47. The Morgan fingerprint density at radius 3 is 2.60 bits per heavy atom. The Morgan fingerprint density at radius 1 is 1.53 bits per heavy atom. The summed E-state index contributed by atoms with van der Waals surface area (Å²) in [5.74, 6) is -1.03. The molecule has 0 aliphatic heterocycles. The Kier molecular flexibility index (Phi) is 3.21. The minimum Gasteiger partial charge on any atom is -0.504 e. The number of hydrogen-bond donors (Lipinski definition) is 3. The molecule has 6 heteroatoms. The van der Waals surface area contributed by atoms with Gasteiger partial charge in [-0.05, 0) is 0 Å². The Morgan fingerprint density at radius 2 is 2.13 bits per heavy atom. The zero-order valence-electron chi connectivity index (χ0n) is 8.51. The van der Waals surface area contributed by atoms with Crippen LogP contribution >= 0.6 is 0 Å². The maximum Gasteiger partial charge on any atom is 0.326 e. The molecule has 0 bridgehead atoms. The van der Waals surface area contributed by atoms with E-state index in [9.17, 15) is 9.90 Å². The highest BCUT2D eigenvalue weighted by Gasteiger charge is 2.21. The van der Waals surface area contributed by atoms with Crippen LogP contribution < -0.4 is 5.73 Å². The van der Waals surface area contributed by atoms with Crippen molar-refractivity contribution in [1.82, 2.24) is 9.97 Å². The van der Waals surface area contributed by atoms with Crippen molar-refractivity contribution in [3.8, 4) is 5.75 Å². The van der Waals surface area contributed by atoms with Gasteiger partial charge in [-0.3, -0.25) is 4.79 Å². The fraction of sp³-hybridized carbons (Fsp3) is 0.444. The monoisotopic (exact) mass is 211 g/mol. The van der Waals surface area contributed by atoms with Crippen molar-refractivity contribution in [2.24, 2.45) is 5.73 Å². The largest absolute Gasteiger partial charge is 0.504 e. The van der Waals surface area contributed by atoms with Gasteiger partial charge >= 0.3 is 5.97 Å². The van der Waals surface area contributed by atoms with Crippen LogP contribution in [0.2, 0.25) is 0 Å². The predicted octanol–water partition coefficient (Wildman–Crippen LogP) is 0.390. The molecule has 0 aliphatic carbocycles. The van der Waals surface area contributed by atoms with E-state index >= 15 is 0 Å². The number of aromatic nitrogens is 2. The van der Waals surface area contributed by atoms with E-state index in [0.717, 1.165) is 0 Å². The highest BCUT2D eigenvalue weighted by molar-refractivity contribution is 5.75. The summed E-state index contributed by atoms with van der Waals surface area (Å²) in [6.07, 6.45) is 1.17. The molecule has 0 spiro atoms. The van der Waals surface area contributed by atoms with Crippen LogP contribution in [0.5, 0.6) is 5.75 Å². The first-order valence-electron chi connectivity index (χ1n) is 4.47. The summed E-state index contributed by atoms with van der Waals surface area (Å²) >= 11 is 0. The number of rotatable bonds is 3. The number of nitrogens with two attached hydrogens (primary N) is 1.